The zero-order chi connectivity index (χ0) is 28.7. The minimum Gasteiger partial charge on any atom is -0.497 e. The quantitative estimate of drug-likeness (QED) is 0.188. The Balaban J connectivity index is 1.88. The molecule has 0 aliphatic rings. The second kappa shape index (κ2) is 13.1. The summed E-state index contributed by atoms with van der Waals surface area (Å²) in [6.07, 6.45) is -0.0458. The monoisotopic (exact) mass is 623 g/mol. The van der Waals surface area contributed by atoms with Crippen molar-refractivity contribution in [3.8, 4) is 23.0 Å². The maximum absolute atomic E-state index is 15.0. The molecule has 4 aromatic carbocycles. The van der Waals surface area contributed by atoms with Crippen LogP contribution < -0.4 is 29.6 Å². The molecule has 7 nitrogen and oxygen atoms in total. The van der Waals surface area contributed by atoms with E-state index in [1.807, 2.05) is 84.9 Å². The van der Waals surface area contributed by atoms with Crippen molar-refractivity contribution in [2.45, 2.75) is 6.54 Å². The fraction of sp³-hybridized carbons (Fsp3) is 0.194. The van der Waals surface area contributed by atoms with Gasteiger partial charge in [-0.05, 0) is 39.7 Å². The van der Waals surface area contributed by atoms with Gasteiger partial charge in [-0.3, -0.25) is 4.79 Å². The molecule has 0 radical (unpaired) electrons. The number of methoxy groups -OCH3 is 4. The van der Waals surface area contributed by atoms with Gasteiger partial charge in [0.05, 0.1) is 40.3 Å². The minimum atomic E-state index is -3.31. The third kappa shape index (κ3) is 6.03. The highest BCUT2D eigenvalue weighted by Crippen LogP contribution is 2.47. The maximum Gasteiger partial charge on any atom is 0.259 e. The molecule has 0 saturated heterocycles. The van der Waals surface area contributed by atoms with Gasteiger partial charge >= 0.3 is 0 Å². The van der Waals surface area contributed by atoms with E-state index >= 15 is 4.57 Å². The average molecular weight is 624 g/mol. The molecule has 4 aromatic rings. The minimum absolute atomic E-state index is 0.0458. The van der Waals surface area contributed by atoms with Crippen LogP contribution in [0.5, 0.6) is 23.0 Å². The Morgan fingerprint density at radius 1 is 0.750 bits per heavy atom. The van der Waals surface area contributed by atoms with E-state index in [0.29, 0.717) is 26.6 Å². The zero-order valence-corrected chi connectivity index (χ0v) is 25.3. The van der Waals surface area contributed by atoms with Crippen molar-refractivity contribution in [3.63, 3.8) is 0 Å². The topological polar surface area (TPSA) is 74.3 Å². The van der Waals surface area contributed by atoms with Crippen molar-refractivity contribution in [1.29, 1.82) is 0 Å². The second-order valence-electron chi connectivity index (χ2n) is 8.91. The van der Waals surface area contributed by atoms with E-state index in [1.165, 1.54) is 21.3 Å². The summed E-state index contributed by atoms with van der Waals surface area (Å²) < 4.78 is 37.5. The summed E-state index contributed by atoms with van der Waals surface area (Å²) in [6.45, 7) is 0.191. The average Bonchev–Trinajstić information content (AvgIpc) is 3.00. The van der Waals surface area contributed by atoms with Crippen molar-refractivity contribution >= 4 is 39.6 Å². The number of benzene rings is 4. The molecule has 40 heavy (non-hydrogen) atoms. The van der Waals surface area contributed by atoms with Crippen LogP contribution in [0.25, 0.3) is 0 Å². The molecule has 0 aromatic heterocycles. The molecule has 0 heterocycles. The van der Waals surface area contributed by atoms with Gasteiger partial charge in [0, 0.05) is 21.6 Å². The Hall–Kier alpha value is -3.74. The number of halogens is 1. The lowest BCUT2D eigenvalue weighted by Gasteiger charge is -2.30. The highest BCUT2D eigenvalue weighted by Gasteiger charge is 2.35. The molecule has 9 heteroatoms. The molecule has 0 aliphatic heterocycles. The zero-order valence-electron chi connectivity index (χ0n) is 22.8. The number of hydrogen-bond donors (Lipinski definition) is 0. The standard InChI is InChI=1S/C31H31BrNO6P/c1-36-23-17-15-22(16-18-23)20-33(31(34)28-26(32)19-27(37-2)29(38-3)30(28)39-4)21-40(35,24-11-7-5-8-12-24)25-13-9-6-10-14-25/h5-19H,20-21H2,1-4H3. The molecule has 208 valence electrons. The number of carbonyl (C=O) groups excluding carboxylic acids is 1. The summed E-state index contributed by atoms with van der Waals surface area (Å²) in [5.41, 5.74) is 1.08. The van der Waals surface area contributed by atoms with Crippen LogP contribution in [0, 0.1) is 0 Å². The van der Waals surface area contributed by atoms with Gasteiger partial charge in [0.2, 0.25) is 5.75 Å². The van der Waals surface area contributed by atoms with E-state index in [-0.39, 0.29) is 35.8 Å². The van der Waals surface area contributed by atoms with E-state index in [9.17, 15) is 4.79 Å². The Bertz CT molecular complexity index is 1450. The first-order valence-electron chi connectivity index (χ1n) is 12.5. The van der Waals surface area contributed by atoms with Crippen LogP contribution in [0.4, 0.5) is 0 Å². The van der Waals surface area contributed by atoms with Crippen LogP contribution in [0.15, 0.2) is 95.5 Å². The summed E-state index contributed by atoms with van der Waals surface area (Å²) >= 11 is 3.54. The van der Waals surface area contributed by atoms with Gasteiger partial charge in [0.1, 0.15) is 5.75 Å². The van der Waals surface area contributed by atoms with Gasteiger partial charge < -0.3 is 28.4 Å². The van der Waals surface area contributed by atoms with Crippen molar-refractivity contribution in [2.75, 3.05) is 34.7 Å². The van der Waals surface area contributed by atoms with E-state index in [4.69, 9.17) is 18.9 Å². The highest BCUT2D eigenvalue weighted by atomic mass is 79.9. The fourth-order valence-electron chi connectivity index (χ4n) is 4.51. The third-order valence-corrected chi connectivity index (χ3v) is 10.2. The van der Waals surface area contributed by atoms with Crippen LogP contribution >= 0.6 is 23.1 Å². The van der Waals surface area contributed by atoms with Gasteiger partial charge in [-0.1, -0.05) is 72.8 Å². The number of ether oxygens (including phenoxy) is 4. The van der Waals surface area contributed by atoms with E-state index in [0.717, 1.165) is 5.56 Å². The molecule has 0 fully saturated rings. The number of hydrogen-bond acceptors (Lipinski definition) is 6. The van der Waals surface area contributed by atoms with Gasteiger partial charge in [0.25, 0.3) is 5.91 Å². The van der Waals surface area contributed by atoms with E-state index in [2.05, 4.69) is 15.9 Å². The molecule has 0 saturated carbocycles. The number of nitrogens with zero attached hydrogens (tertiary/aromatic N) is 1. The first-order valence-corrected chi connectivity index (χ1v) is 15.2. The van der Waals surface area contributed by atoms with Gasteiger partial charge in [-0.2, -0.15) is 0 Å². The fourth-order valence-corrected chi connectivity index (χ4v) is 7.71. The largest absolute Gasteiger partial charge is 0.497 e. The molecule has 0 spiro atoms. The summed E-state index contributed by atoms with van der Waals surface area (Å²) in [6, 6.07) is 27.7. The van der Waals surface area contributed by atoms with E-state index in [1.54, 1.807) is 18.1 Å². The number of amides is 1. The third-order valence-electron chi connectivity index (χ3n) is 6.53. The van der Waals surface area contributed by atoms with Crippen molar-refractivity contribution in [2.24, 2.45) is 0 Å². The van der Waals surface area contributed by atoms with Crippen LogP contribution in [0.3, 0.4) is 0 Å². The Morgan fingerprint density at radius 3 is 1.77 bits per heavy atom. The first-order chi connectivity index (χ1) is 19.4. The van der Waals surface area contributed by atoms with E-state index < -0.39 is 7.14 Å². The molecule has 0 atom stereocenters. The number of rotatable bonds is 11. The highest BCUT2D eigenvalue weighted by molar-refractivity contribution is 9.10. The predicted molar refractivity (Wildman–Crippen MR) is 161 cm³/mol. The number of carbonyl (C=O) groups is 1. The molecule has 0 bridgehead atoms. The molecular weight excluding hydrogens is 593 g/mol. The second-order valence-corrected chi connectivity index (χ2v) is 12.6. The van der Waals surface area contributed by atoms with Gasteiger partial charge in [-0.15, -0.1) is 0 Å². The Morgan fingerprint density at radius 2 is 1.30 bits per heavy atom. The Kier molecular flexibility index (Phi) is 9.56. The lowest BCUT2D eigenvalue weighted by Crippen LogP contribution is -2.36. The maximum atomic E-state index is 15.0. The van der Waals surface area contributed by atoms with Gasteiger partial charge in [-0.25, -0.2) is 0 Å². The lowest BCUT2D eigenvalue weighted by atomic mass is 10.1. The SMILES string of the molecule is COc1ccc(CN(CP(=O)(c2ccccc2)c2ccccc2)C(=O)c2c(Br)cc(OC)c(OC)c2OC)cc1. The summed E-state index contributed by atoms with van der Waals surface area (Å²) in [5, 5.41) is 1.32. The smallest absolute Gasteiger partial charge is 0.259 e. The molecule has 0 N–H and O–H groups in total. The molecule has 4 rings (SSSR count). The van der Waals surface area contributed by atoms with Crippen LogP contribution in [-0.4, -0.2) is 45.5 Å². The molecule has 0 aliphatic carbocycles. The Labute approximate surface area is 243 Å². The first kappa shape index (κ1) is 29.2. The van der Waals surface area contributed by atoms with Crippen LogP contribution in [0.2, 0.25) is 0 Å². The molecular formula is C31H31BrNO6P. The van der Waals surface area contributed by atoms with Gasteiger partial charge in [0.15, 0.2) is 18.6 Å². The van der Waals surface area contributed by atoms with Crippen molar-refractivity contribution in [1.82, 2.24) is 4.90 Å². The normalized spacial score (nSPS) is 11.0. The summed E-state index contributed by atoms with van der Waals surface area (Å²) in [5.74, 6) is 1.23. The molecule has 1 amide bonds. The lowest BCUT2D eigenvalue weighted by molar-refractivity contribution is 0.0767. The molecule has 0 unspecified atom stereocenters. The summed E-state index contributed by atoms with van der Waals surface area (Å²) in [7, 11) is 2.75. The summed E-state index contributed by atoms with van der Waals surface area (Å²) in [4.78, 5) is 16.0. The van der Waals surface area contributed by atoms with Crippen molar-refractivity contribution in [3.05, 3.63) is 107 Å². The van der Waals surface area contributed by atoms with Crippen molar-refractivity contribution < 1.29 is 28.3 Å². The van der Waals surface area contributed by atoms with Crippen LogP contribution in [0.1, 0.15) is 15.9 Å². The van der Waals surface area contributed by atoms with Crippen LogP contribution in [-0.2, 0) is 11.1 Å². The predicted octanol–water partition coefficient (Wildman–Crippen LogP) is 6.10.